The van der Waals surface area contributed by atoms with E-state index in [1.165, 1.54) is 12.5 Å². The number of imidazole rings is 1. The van der Waals surface area contributed by atoms with Crippen LogP contribution in [0.5, 0.6) is 0 Å². The number of nitrogens with zero attached hydrogens (tertiary/aromatic N) is 13. The quantitative estimate of drug-likeness (QED) is 0.130. The Hall–Kier alpha value is -6.30. The summed E-state index contributed by atoms with van der Waals surface area (Å²) in [7, 11) is 0. The highest BCUT2D eigenvalue weighted by atomic mass is 32.1. The lowest BCUT2D eigenvalue weighted by atomic mass is 10.1. The van der Waals surface area contributed by atoms with Gasteiger partial charge in [0.1, 0.15) is 12.2 Å². The second-order valence-corrected chi connectivity index (χ2v) is 20.5. The van der Waals surface area contributed by atoms with Gasteiger partial charge in [0, 0.05) is 67.7 Å². The lowest BCUT2D eigenvalue weighted by molar-refractivity contribution is 0.532. The van der Waals surface area contributed by atoms with Gasteiger partial charge >= 0.3 is 0 Å². The maximum atomic E-state index is 4.14. The molecular formula is C67H137N17S. The minimum Gasteiger partial charge on any atom is -0.351 e. The Labute approximate surface area is 529 Å². The number of hydrogen-bond acceptors (Lipinski definition) is 13. The molecule has 0 aromatic carbocycles. The Balaban J connectivity index is -0.0000000771. The molecule has 8 rings (SSSR count). The van der Waals surface area contributed by atoms with Gasteiger partial charge in [-0.15, -0.1) is 5.10 Å². The Bertz CT molecular complexity index is 1780. The van der Waals surface area contributed by atoms with E-state index < -0.39 is 0 Å². The highest BCUT2D eigenvalue weighted by Gasteiger charge is 2.05. The lowest BCUT2D eigenvalue weighted by Crippen LogP contribution is -1.99. The first-order valence-corrected chi connectivity index (χ1v) is 32.2. The topological polar surface area (TPSA) is 223 Å². The summed E-state index contributed by atoms with van der Waals surface area (Å²) in [6, 6.07) is 11.9. The molecule has 0 radical (unpaired) electrons. The largest absolute Gasteiger partial charge is 0.351 e. The molecule has 8 aromatic heterocycles. The zero-order chi connectivity index (χ0) is 68.7. The van der Waals surface area contributed by atoms with Gasteiger partial charge in [-0.05, 0) is 98.2 Å². The Kier molecular flexibility index (Phi) is 115. The van der Waals surface area contributed by atoms with Crippen LogP contribution in [-0.4, -0.2) is 85.9 Å². The summed E-state index contributed by atoms with van der Waals surface area (Å²) in [5.41, 5.74) is 2.07. The summed E-state index contributed by atoms with van der Waals surface area (Å²) >= 11 is 1.71. The van der Waals surface area contributed by atoms with Gasteiger partial charge in [-0.1, -0.05) is 227 Å². The number of aromatic nitrogens is 17. The molecule has 0 bridgehead atoms. The van der Waals surface area contributed by atoms with E-state index >= 15 is 0 Å². The van der Waals surface area contributed by atoms with Gasteiger partial charge in [-0.3, -0.25) is 14.9 Å². The third-order valence-corrected chi connectivity index (χ3v) is 6.24. The maximum Gasteiger partial charge on any atom is 0.153 e. The standard InChI is InChI=1S/2C6H11N3.C6H10N2.C4H4N2.C4H4S.5C4H10.C3H3N3.2C3H4N2.6C2H6/c1-4(2)6-7-5(3)8-9-6;1-4(2)6-5(3)7-9-8-6;1-6(2)8-5-3-4-7-8;1-2-4-6-5-3-1;1-2-4-5-3-1;5*1-4(2)3;1-2-5-6-3-4-1;1-2-5-3-4-1;1-2-4-5-3-1;6*1-2/h2*4H,1-3H3,(H,7,8,9);3-6H,1-2H3;1-4H;1-4H;5*4H,1-3H3;1-3H;2*1-3H,(H,4,5);6*1-2H3. The number of aromatic amines is 4. The molecule has 496 valence electrons. The molecule has 0 aliphatic rings. The molecule has 18 heteroatoms. The van der Waals surface area contributed by atoms with Crippen LogP contribution in [0.4, 0.5) is 0 Å². The molecule has 85 heavy (non-hydrogen) atoms. The van der Waals surface area contributed by atoms with Crippen molar-refractivity contribution < 1.29 is 0 Å². The molecule has 0 aliphatic carbocycles. The minimum atomic E-state index is 0.426. The molecule has 0 atom stereocenters. The molecule has 0 fully saturated rings. The van der Waals surface area contributed by atoms with E-state index in [0.717, 1.165) is 52.6 Å². The molecule has 17 nitrogen and oxygen atoms in total. The van der Waals surface area contributed by atoms with Crippen LogP contribution in [-0.2, 0) is 0 Å². The van der Waals surface area contributed by atoms with Crippen molar-refractivity contribution in [3.63, 3.8) is 0 Å². The van der Waals surface area contributed by atoms with Crippen molar-refractivity contribution >= 4 is 11.3 Å². The van der Waals surface area contributed by atoms with Crippen molar-refractivity contribution in [3.8, 4) is 0 Å². The maximum absolute atomic E-state index is 4.14. The predicted molar refractivity (Wildman–Crippen MR) is 377 cm³/mol. The predicted octanol–water partition coefficient (Wildman–Crippen LogP) is 21.3. The van der Waals surface area contributed by atoms with Gasteiger partial charge in [-0.25, -0.2) is 15.0 Å². The van der Waals surface area contributed by atoms with Gasteiger partial charge in [0.05, 0.1) is 23.9 Å². The van der Waals surface area contributed by atoms with Crippen molar-refractivity contribution in [2.45, 2.75) is 260 Å². The van der Waals surface area contributed by atoms with Crippen molar-refractivity contribution in [1.82, 2.24) is 85.9 Å². The monoisotopic (exact) mass is 1210 g/mol. The van der Waals surface area contributed by atoms with E-state index in [2.05, 4.69) is 227 Å². The minimum absolute atomic E-state index is 0.426. The summed E-state index contributed by atoms with van der Waals surface area (Å²) in [5.74, 6) is 6.85. The fourth-order valence-corrected chi connectivity index (χ4v) is 3.61. The van der Waals surface area contributed by atoms with E-state index in [0.29, 0.717) is 17.9 Å². The average Bonchev–Trinajstić information content (AvgIpc) is 4.35. The van der Waals surface area contributed by atoms with Crippen molar-refractivity contribution in [1.29, 1.82) is 0 Å². The zero-order valence-electron chi connectivity index (χ0n) is 61.4. The van der Waals surface area contributed by atoms with Gasteiger partial charge in [0.2, 0.25) is 0 Å². The summed E-state index contributed by atoms with van der Waals surface area (Å²) < 4.78 is 1.92. The van der Waals surface area contributed by atoms with Gasteiger partial charge in [-0.2, -0.15) is 57.3 Å². The van der Waals surface area contributed by atoms with E-state index in [1.54, 1.807) is 67.2 Å². The smallest absolute Gasteiger partial charge is 0.153 e. The molecule has 0 saturated heterocycles. The van der Waals surface area contributed by atoms with Crippen molar-refractivity contribution in [3.05, 3.63) is 145 Å². The molecule has 8 aromatic rings. The molecule has 4 N–H and O–H groups in total. The van der Waals surface area contributed by atoms with Crippen LogP contribution < -0.4 is 0 Å². The Morgan fingerprint density at radius 2 is 0.894 bits per heavy atom. The summed E-state index contributed by atoms with van der Waals surface area (Å²) in [5, 5.41) is 45.5. The second kappa shape index (κ2) is 94.1. The fourth-order valence-electron chi connectivity index (χ4n) is 3.16. The number of H-pyrrole nitrogens is 4. The molecule has 0 amide bonds. The number of aryl methyl sites for hydroxylation is 2. The van der Waals surface area contributed by atoms with E-state index in [1.807, 2.05) is 155 Å². The molecule has 0 aliphatic heterocycles. The lowest BCUT2D eigenvalue weighted by Gasteiger charge is -2.01. The van der Waals surface area contributed by atoms with Crippen LogP contribution in [0.2, 0.25) is 0 Å². The first kappa shape index (κ1) is 104. The first-order valence-electron chi connectivity index (χ1n) is 31.2. The molecule has 0 unspecified atom stereocenters. The van der Waals surface area contributed by atoms with Crippen molar-refractivity contribution in [2.24, 2.45) is 29.6 Å². The number of hydrogen-bond donors (Lipinski definition) is 4. The molecular weight excluding hydrogens is 1070 g/mol. The van der Waals surface area contributed by atoms with Gasteiger partial charge < -0.3 is 4.98 Å². The Morgan fingerprint density at radius 1 is 0.435 bits per heavy atom. The Morgan fingerprint density at radius 3 is 1.02 bits per heavy atom. The van der Waals surface area contributed by atoms with Crippen LogP contribution in [0.1, 0.15) is 269 Å². The fraction of sp³-hybridized carbons (Fsp3) is 0.642. The number of thiophene rings is 1. The van der Waals surface area contributed by atoms with E-state index in [-0.39, 0.29) is 0 Å². The highest BCUT2D eigenvalue weighted by molar-refractivity contribution is 7.07. The first-order chi connectivity index (χ1) is 40.4. The summed E-state index contributed by atoms with van der Waals surface area (Å²) in [6.07, 6.45) is 20.1. The molecule has 0 spiro atoms. The van der Waals surface area contributed by atoms with Crippen LogP contribution >= 0.6 is 11.3 Å². The third kappa shape index (κ3) is 129. The number of rotatable bonds is 3. The van der Waals surface area contributed by atoms with Crippen LogP contribution in [0.15, 0.2) is 122 Å². The van der Waals surface area contributed by atoms with Gasteiger partial charge in [0.25, 0.3) is 0 Å². The number of nitrogens with one attached hydrogen (secondary N) is 4. The third-order valence-electron chi connectivity index (χ3n) is 5.62. The normalized spacial score (nSPS) is 8.32. The summed E-state index contributed by atoms with van der Waals surface area (Å²) in [6.45, 7) is 72.9. The van der Waals surface area contributed by atoms with Crippen LogP contribution in [0.25, 0.3) is 0 Å². The van der Waals surface area contributed by atoms with E-state index in [9.17, 15) is 0 Å². The molecule has 8 heterocycles. The average molecular weight is 1210 g/mol. The van der Waals surface area contributed by atoms with Crippen molar-refractivity contribution in [2.75, 3.05) is 0 Å². The highest BCUT2D eigenvalue weighted by Crippen LogP contribution is 2.12. The summed E-state index contributed by atoms with van der Waals surface area (Å²) in [4.78, 5) is 14.2. The second-order valence-electron chi connectivity index (χ2n) is 19.7. The molecule has 0 saturated carbocycles. The van der Waals surface area contributed by atoms with Gasteiger partial charge in [0.15, 0.2) is 5.82 Å². The SMILES string of the molecule is CC.CC.CC.CC.CC.CC.CC(C)C.CC(C)C.CC(C)C.CC(C)C.CC(C)C.CC(C)n1cccn1.Cc1n[nH]nc1C(C)C.Cc1nc(C(C)C)n[nH]1.c1c[nH]cn1.c1ccnnc1.c1ccsc1.c1cn[nH]c1.c1cnncn1. The van der Waals surface area contributed by atoms with Crippen LogP contribution in [0, 0.1) is 43.4 Å². The zero-order valence-corrected chi connectivity index (χ0v) is 62.2. The van der Waals surface area contributed by atoms with E-state index in [4.69, 9.17) is 0 Å². The van der Waals surface area contributed by atoms with Crippen LogP contribution in [0.3, 0.4) is 0 Å².